The molecule has 9 heteroatoms. The molecule has 7 nitrogen and oxygen atoms in total. The van der Waals surface area contributed by atoms with E-state index < -0.39 is 17.3 Å². The Labute approximate surface area is 141 Å². The highest BCUT2D eigenvalue weighted by Gasteiger charge is 2.07. The minimum absolute atomic E-state index is 0.0959. The first kappa shape index (κ1) is 17.5. The summed E-state index contributed by atoms with van der Waals surface area (Å²) in [5, 5.41) is 3.92. The smallest absolute Gasteiger partial charge is 0.251 e. The van der Waals surface area contributed by atoms with Crippen LogP contribution in [0.1, 0.15) is 18.2 Å². The number of methoxy groups -OCH3 is 1. The highest BCUT2D eigenvalue weighted by molar-refractivity contribution is 7.71. The average Bonchev–Trinajstić information content (AvgIpc) is 2.51. The van der Waals surface area contributed by atoms with Crippen molar-refractivity contribution in [1.29, 1.82) is 0 Å². The van der Waals surface area contributed by atoms with Crippen molar-refractivity contribution in [1.82, 2.24) is 15.4 Å². The highest BCUT2D eigenvalue weighted by atomic mass is 32.1. The summed E-state index contributed by atoms with van der Waals surface area (Å²) in [5.41, 5.74) is 3.24. The number of benzene rings is 1. The van der Waals surface area contributed by atoms with E-state index >= 15 is 0 Å². The number of hydrogen-bond acceptors (Lipinski definition) is 5. The molecule has 1 heterocycles. The Morgan fingerprint density at radius 3 is 2.75 bits per heavy atom. The van der Waals surface area contributed by atoms with Crippen LogP contribution < -0.4 is 15.7 Å². The summed E-state index contributed by atoms with van der Waals surface area (Å²) < 4.78 is 18.6. The average molecular weight is 350 g/mol. The molecule has 1 aromatic heterocycles. The number of hydrazone groups is 1. The fourth-order valence-electron chi connectivity index (χ4n) is 1.93. The van der Waals surface area contributed by atoms with E-state index in [0.717, 1.165) is 0 Å². The number of halogens is 1. The van der Waals surface area contributed by atoms with Crippen LogP contribution >= 0.6 is 12.2 Å². The SMILES string of the molecule is COc1ccc(/C(C)=N\NC(=O)Cc2cc(=O)[nH]c(=S)[nH]2)cc1F. The van der Waals surface area contributed by atoms with Gasteiger partial charge < -0.3 is 9.72 Å². The van der Waals surface area contributed by atoms with Gasteiger partial charge in [0.25, 0.3) is 5.56 Å². The molecular formula is C15H15FN4O3S. The summed E-state index contributed by atoms with van der Waals surface area (Å²) in [5.74, 6) is -0.841. The molecule has 1 aromatic carbocycles. The molecule has 3 N–H and O–H groups in total. The van der Waals surface area contributed by atoms with Crippen molar-refractivity contribution < 1.29 is 13.9 Å². The van der Waals surface area contributed by atoms with Gasteiger partial charge in [0.2, 0.25) is 5.91 Å². The summed E-state index contributed by atoms with van der Waals surface area (Å²) in [6.45, 7) is 1.63. The van der Waals surface area contributed by atoms with Crippen LogP contribution in [0, 0.1) is 10.6 Å². The number of nitrogens with zero attached hydrogens (tertiary/aromatic N) is 1. The molecule has 0 bridgehead atoms. The van der Waals surface area contributed by atoms with E-state index in [1.54, 1.807) is 13.0 Å². The second kappa shape index (κ2) is 7.64. The summed E-state index contributed by atoms with van der Waals surface area (Å²) in [6, 6.07) is 5.60. The number of ether oxygens (including phenoxy) is 1. The monoisotopic (exact) mass is 350 g/mol. The lowest BCUT2D eigenvalue weighted by molar-refractivity contribution is -0.120. The summed E-state index contributed by atoms with van der Waals surface area (Å²) >= 11 is 4.83. The van der Waals surface area contributed by atoms with Crippen molar-refractivity contribution in [2.75, 3.05) is 7.11 Å². The molecule has 0 saturated heterocycles. The van der Waals surface area contributed by atoms with E-state index in [4.69, 9.17) is 17.0 Å². The lowest BCUT2D eigenvalue weighted by Gasteiger charge is -2.06. The number of carbonyl (C=O) groups excluding carboxylic acids is 1. The van der Waals surface area contributed by atoms with Gasteiger partial charge >= 0.3 is 0 Å². The molecule has 2 rings (SSSR count). The van der Waals surface area contributed by atoms with Gasteiger partial charge in [-0.3, -0.25) is 14.6 Å². The van der Waals surface area contributed by atoms with E-state index in [9.17, 15) is 14.0 Å². The van der Waals surface area contributed by atoms with Gasteiger partial charge in [-0.2, -0.15) is 5.10 Å². The minimum atomic E-state index is -0.521. The standard InChI is InChI=1S/C15H15FN4O3S/c1-8(9-3-4-12(23-2)11(16)5-9)19-20-14(22)7-10-6-13(21)18-15(24)17-10/h3-6H,7H2,1-2H3,(H,20,22)(H2,17,18,21,24)/b19-8-. The lowest BCUT2D eigenvalue weighted by Crippen LogP contribution is -2.23. The Balaban J connectivity index is 2.06. The molecule has 2 aromatic rings. The van der Waals surface area contributed by atoms with Crippen LogP contribution in [-0.4, -0.2) is 28.7 Å². The third kappa shape index (κ3) is 4.59. The molecule has 0 unspecified atom stereocenters. The second-order valence-corrected chi connectivity index (χ2v) is 5.28. The summed E-state index contributed by atoms with van der Waals surface area (Å²) in [4.78, 5) is 28.2. The lowest BCUT2D eigenvalue weighted by atomic mass is 10.1. The number of carbonyl (C=O) groups is 1. The van der Waals surface area contributed by atoms with Crippen LogP contribution in [0.2, 0.25) is 0 Å². The van der Waals surface area contributed by atoms with Crippen LogP contribution in [0.15, 0.2) is 34.2 Å². The molecule has 24 heavy (non-hydrogen) atoms. The minimum Gasteiger partial charge on any atom is -0.494 e. The van der Waals surface area contributed by atoms with Gasteiger partial charge in [-0.05, 0) is 37.3 Å². The number of aromatic nitrogens is 2. The van der Waals surface area contributed by atoms with Crippen molar-refractivity contribution in [2.45, 2.75) is 13.3 Å². The fourth-order valence-corrected chi connectivity index (χ4v) is 2.16. The number of amides is 1. The summed E-state index contributed by atoms with van der Waals surface area (Å²) in [7, 11) is 1.37. The predicted molar refractivity (Wildman–Crippen MR) is 89.3 cm³/mol. The first-order valence-electron chi connectivity index (χ1n) is 6.88. The molecule has 126 valence electrons. The normalized spacial score (nSPS) is 11.2. The van der Waals surface area contributed by atoms with E-state index in [0.29, 0.717) is 17.0 Å². The van der Waals surface area contributed by atoms with Crippen LogP contribution in [-0.2, 0) is 11.2 Å². The van der Waals surface area contributed by atoms with Crippen LogP contribution in [0.5, 0.6) is 5.75 Å². The maximum absolute atomic E-state index is 13.7. The van der Waals surface area contributed by atoms with Gasteiger partial charge in [-0.25, -0.2) is 9.82 Å². The third-order valence-corrected chi connectivity index (χ3v) is 3.29. The quantitative estimate of drug-likeness (QED) is 0.434. The number of rotatable bonds is 5. The Morgan fingerprint density at radius 1 is 1.38 bits per heavy atom. The predicted octanol–water partition coefficient (Wildman–Crippen LogP) is 1.66. The maximum atomic E-state index is 13.7. The highest BCUT2D eigenvalue weighted by Crippen LogP contribution is 2.17. The van der Waals surface area contributed by atoms with Crippen molar-refractivity contribution in [2.24, 2.45) is 5.10 Å². The number of aromatic amines is 2. The van der Waals surface area contributed by atoms with E-state index in [1.807, 2.05) is 0 Å². The zero-order valence-corrected chi connectivity index (χ0v) is 13.8. The number of nitrogens with one attached hydrogen (secondary N) is 3. The van der Waals surface area contributed by atoms with Crippen LogP contribution in [0.3, 0.4) is 0 Å². The summed E-state index contributed by atoms with van der Waals surface area (Å²) in [6.07, 6.45) is -0.0959. The van der Waals surface area contributed by atoms with Crippen molar-refractivity contribution in [3.8, 4) is 5.75 Å². The topological polar surface area (TPSA) is 99.3 Å². The van der Waals surface area contributed by atoms with Gasteiger partial charge in [0.05, 0.1) is 19.2 Å². The fraction of sp³-hybridized carbons (Fsp3) is 0.200. The first-order valence-corrected chi connectivity index (χ1v) is 7.29. The van der Waals surface area contributed by atoms with Gasteiger partial charge in [0.1, 0.15) is 0 Å². The Bertz CT molecular complexity index is 876. The van der Waals surface area contributed by atoms with Crippen molar-refractivity contribution in [3.05, 3.63) is 56.5 Å². The van der Waals surface area contributed by atoms with Gasteiger partial charge in [-0.15, -0.1) is 0 Å². The van der Waals surface area contributed by atoms with E-state index in [1.165, 1.54) is 25.3 Å². The molecule has 0 aliphatic carbocycles. The Hall–Kier alpha value is -2.81. The number of hydrogen-bond donors (Lipinski definition) is 3. The van der Waals surface area contributed by atoms with Gasteiger partial charge in [0, 0.05) is 17.3 Å². The molecular weight excluding hydrogens is 335 g/mol. The number of H-pyrrole nitrogens is 2. The zero-order valence-electron chi connectivity index (χ0n) is 13.0. The Kier molecular flexibility index (Phi) is 5.59. The third-order valence-electron chi connectivity index (χ3n) is 3.09. The molecule has 0 saturated carbocycles. The molecule has 0 aliphatic heterocycles. The van der Waals surface area contributed by atoms with Gasteiger partial charge in [0.15, 0.2) is 16.3 Å². The second-order valence-electron chi connectivity index (χ2n) is 4.87. The first-order chi connectivity index (χ1) is 11.4. The molecule has 1 amide bonds. The Morgan fingerprint density at radius 2 is 2.12 bits per heavy atom. The zero-order chi connectivity index (χ0) is 17.7. The van der Waals surface area contributed by atoms with E-state index in [-0.39, 0.29) is 16.9 Å². The van der Waals surface area contributed by atoms with Crippen LogP contribution in [0.25, 0.3) is 0 Å². The largest absolute Gasteiger partial charge is 0.494 e. The maximum Gasteiger partial charge on any atom is 0.251 e. The molecule has 0 fully saturated rings. The van der Waals surface area contributed by atoms with Crippen molar-refractivity contribution >= 4 is 23.8 Å². The van der Waals surface area contributed by atoms with Crippen LogP contribution in [0.4, 0.5) is 4.39 Å². The molecule has 0 radical (unpaired) electrons. The van der Waals surface area contributed by atoms with E-state index in [2.05, 4.69) is 20.5 Å². The van der Waals surface area contributed by atoms with Gasteiger partial charge in [-0.1, -0.05) is 0 Å². The molecule has 0 atom stereocenters. The molecule has 0 aliphatic rings. The molecule has 0 spiro atoms. The van der Waals surface area contributed by atoms with Crippen molar-refractivity contribution in [3.63, 3.8) is 0 Å².